The number of rotatable bonds is 1. The quantitative estimate of drug-likeness (QED) is 0.827. The number of aryl methyl sites for hydroxylation is 1. The molecular formula is C13H23N5O2. The van der Waals surface area contributed by atoms with E-state index in [-0.39, 0.29) is 6.09 Å². The highest BCUT2D eigenvalue weighted by Crippen LogP contribution is 2.29. The molecule has 1 aromatic rings. The van der Waals surface area contributed by atoms with Gasteiger partial charge in [0.2, 0.25) is 0 Å². The largest absolute Gasteiger partial charge is 0.444 e. The van der Waals surface area contributed by atoms with Crippen LogP contribution in [0.2, 0.25) is 0 Å². The molecular weight excluding hydrogens is 258 g/mol. The summed E-state index contributed by atoms with van der Waals surface area (Å²) in [6.07, 6.45) is 0.321. The van der Waals surface area contributed by atoms with E-state index in [1.54, 1.807) is 4.90 Å². The van der Waals surface area contributed by atoms with Crippen molar-refractivity contribution in [3.8, 4) is 0 Å². The van der Waals surface area contributed by atoms with Gasteiger partial charge in [-0.3, -0.25) is 0 Å². The van der Waals surface area contributed by atoms with Crippen LogP contribution in [0.5, 0.6) is 0 Å². The maximum absolute atomic E-state index is 12.1. The molecule has 1 unspecified atom stereocenters. The molecule has 112 valence electrons. The van der Waals surface area contributed by atoms with Crippen LogP contribution >= 0.6 is 0 Å². The number of nitrogens with two attached hydrogens (primary N) is 1. The maximum atomic E-state index is 12.1. The molecule has 1 fully saturated rings. The van der Waals surface area contributed by atoms with Crippen LogP contribution in [0.4, 0.5) is 4.79 Å². The molecule has 2 heterocycles. The topological polar surface area (TPSA) is 86.3 Å². The van der Waals surface area contributed by atoms with Gasteiger partial charge in [-0.05, 0) is 34.1 Å². The minimum Gasteiger partial charge on any atom is -0.444 e. The van der Waals surface area contributed by atoms with E-state index in [0.29, 0.717) is 25.3 Å². The molecule has 2 rings (SSSR count). The summed E-state index contributed by atoms with van der Waals surface area (Å²) in [5.74, 6) is 1.52. The fourth-order valence-electron chi connectivity index (χ4n) is 2.34. The summed E-state index contributed by atoms with van der Waals surface area (Å²) >= 11 is 0. The third-order valence-corrected chi connectivity index (χ3v) is 3.49. The lowest BCUT2D eigenvalue weighted by atomic mass is 9.99. The normalized spacial score (nSPS) is 23.2. The van der Waals surface area contributed by atoms with Gasteiger partial charge in [0.05, 0.1) is 5.54 Å². The second-order valence-corrected chi connectivity index (χ2v) is 6.44. The van der Waals surface area contributed by atoms with Gasteiger partial charge < -0.3 is 19.9 Å². The van der Waals surface area contributed by atoms with Crippen molar-refractivity contribution >= 4 is 6.09 Å². The molecule has 1 saturated heterocycles. The smallest absolute Gasteiger partial charge is 0.410 e. The number of hydrogen-bond acceptors (Lipinski definition) is 5. The number of hydrogen-bond donors (Lipinski definition) is 1. The van der Waals surface area contributed by atoms with E-state index < -0.39 is 11.1 Å². The molecule has 0 aliphatic carbocycles. The van der Waals surface area contributed by atoms with E-state index in [1.165, 1.54) is 0 Å². The Morgan fingerprint density at radius 3 is 2.55 bits per heavy atom. The van der Waals surface area contributed by atoms with E-state index in [1.807, 2.05) is 39.3 Å². The van der Waals surface area contributed by atoms with Crippen LogP contribution in [0.3, 0.4) is 0 Å². The number of aromatic nitrogens is 3. The first-order valence-corrected chi connectivity index (χ1v) is 6.76. The number of amides is 1. The zero-order valence-corrected chi connectivity index (χ0v) is 12.8. The highest BCUT2D eigenvalue weighted by molar-refractivity contribution is 5.68. The predicted octanol–water partition coefficient (Wildman–Crippen LogP) is 0.918. The van der Waals surface area contributed by atoms with Crippen molar-refractivity contribution < 1.29 is 9.53 Å². The second-order valence-electron chi connectivity index (χ2n) is 6.44. The average molecular weight is 281 g/mol. The molecule has 0 aromatic carbocycles. The Hall–Kier alpha value is -1.63. The van der Waals surface area contributed by atoms with Crippen LogP contribution in [0.15, 0.2) is 0 Å². The summed E-state index contributed by atoms with van der Waals surface area (Å²) in [7, 11) is 1.88. The third-order valence-electron chi connectivity index (χ3n) is 3.49. The Labute approximate surface area is 119 Å². The van der Waals surface area contributed by atoms with Crippen molar-refractivity contribution in [3.63, 3.8) is 0 Å². The van der Waals surface area contributed by atoms with Crippen LogP contribution in [0.1, 0.15) is 38.8 Å². The zero-order chi connectivity index (χ0) is 15.1. The highest BCUT2D eigenvalue weighted by atomic mass is 16.6. The van der Waals surface area contributed by atoms with Gasteiger partial charge in [-0.2, -0.15) is 0 Å². The fraction of sp³-hybridized carbons (Fsp3) is 0.769. The van der Waals surface area contributed by atoms with Crippen LogP contribution in [-0.4, -0.2) is 44.4 Å². The van der Waals surface area contributed by atoms with Gasteiger partial charge in [-0.25, -0.2) is 4.79 Å². The standard InChI is InChI=1S/C13H23N5O2/c1-9-15-16-10(17(9)5)13(14)6-7-18(8-13)11(19)20-12(2,3)4/h6-8,14H2,1-5H3. The first kappa shape index (κ1) is 14.8. The number of carbonyl (C=O) groups is 1. The van der Waals surface area contributed by atoms with Crippen LogP contribution in [0.25, 0.3) is 0 Å². The lowest BCUT2D eigenvalue weighted by molar-refractivity contribution is 0.0283. The summed E-state index contributed by atoms with van der Waals surface area (Å²) in [6, 6.07) is 0. The molecule has 1 amide bonds. The van der Waals surface area contributed by atoms with Crippen molar-refractivity contribution in [2.24, 2.45) is 12.8 Å². The Balaban J connectivity index is 2.12. The molecule has 1 aromatic heterocycles. The van der Waals surface area contributed by atoms with E-state index in [9.17, 15) is 4.79 Å². The van der Waals surface area contributed by atoms with Crippen LogP contribution in [-0.2, 0) is 17.3 Å². The second kappa shape index (κ2) is 4.73. The minimum absolute atomic E-state index is 0.330. The molecule has 1 aliphatic rings. The Morgan fingerprint density at radius 1 is 1.40 bits per heavy atom. The zero-order valence-electron chi connectivity index (χ0n) is 12.8. The summed E-state index contributed by atoms with van der Waals surface area (Å²) < 4.78 is 7.25. The maximum Gasteiger partial charge on any atom is 0.410 e. The molecule has 2 N–H and O–H groups in total. The Morgan fingerprint density at radius 2 is 2.05 bits per heavy atom. The molecule has 7 nitrogen and oxygen atoms in total. The molecule has 0 saturated carbocycles. The molecule has 7 heteroatoms. The van der Waals surface area contributed by atoms with Gasteiger partial charge in [0, 0.05) is 20.1 Å². The summed E-state index contributed by atoms with van der Waals surface area (Å²) in [5.41, 5.74) is 5.25. The molecule has 0 spiro atoms. The predicted molar refractivity (Wildman–Crippen MR) is 74.0 cm³/mol. The van der Waals surface area contributed by atoms with Crippen molar-refractivity contribution in [2.75, 3.05) is 13.1 Å². The van der Waals surface area contributed by atoms with Gasteiger partial charge in [0.1, 0.15) is 11.4 Å². The Bertz CT molecular complexity index is 519. The lowest BCUT2D eigenvalue weighted by Crippen LogP contribution is -2.44. The van der Waals surface area contributed by atoms with Crippen molar-refractivity contribution in [2.45, 2.75) is 45.3 Å². The molecule has 1 aliphatic heterocycles. The summed E-state index contributed by atoms with van der Waals surface area (Å²) in [6.45, 7) is 8.39. The third kappa shape index (κ3) is 2.77. The number of likely N-dealkylation sites (tertiary alicyclic amines) is 1. The molecule has 20 heavy (non-hydrogen) atoms. The number of nitrogens with zero attached hydrogens (tertiary/aromatic N) is 4. The van der Waals surface area contributed by atoms with Gasteiger partial charge in [0.15, 0.2) is 5.82 Å². The average Bonchev–Trinajstić information content (AvgIpc) is 2.83. The molecule has 0 bridgehead atoms. The molecule has 1 atom stereocenters. The van der Waals surface area contributed by atoms with Gasteiger partial charge in [-0.15, -0.1) is 10.2 Å². The van der Waals surface area contributed by atoms with Crippen molar-refractivity contribution in [1.82, 2.24) is 19.7 Å². The van der Waals surface area contributed by atoms with Crippen molar-refractivity contribution in [1.29, 1.82) is 0 Å². The lowest BCUT2D eigenvalue weighted by Gasteiger charge is -2.26. The Kier molecular flexibility index (Phi) is 3.49. The van der Waals surface area contributed by atoms with E-state index >= 15 is 0 Å². The first-order valence-electron chi connectivity index (χ1n) is 6.76. The van der Waals surface area contributed by atoms with Crippen LogP contribution in [0, 0.1) is 6.92 Å². The summed E-state index contributed by atoms with van der Waals surface area (Å²) in [4.78, 5) is 13.7. The summed E-state index contributed by atoms with van der Waals surface area (Å²) in [5, 5.41) is 8.18. The van der Waals surface area contributed by atoms with Gasteiger partial charge >= 0.3 is 6.09 Å². The van der Waals surface area contributed by atoms with E-state index in [4.69, 9.17) is 10.5 Å². The van der Waals surface area contributed by atoms with Gasteiger partial charge in [-0.1, -0.05) is 0 Å². The van der Waals surface area contributed by atoms with E-state index in [2.05, 4.69) is 10.2 Å². The van der Waals surface area contributed by atoms with Crippen molar-refractivity contribution in [3.05, 3.63) is 11.6 Å². The van der Waals surface area contributed by atoms with E-state index in [0.717, 1.165) is 5.82 Å². The monoisotopic (exact) mass is 281 g/mol. The first-order chi connectivity index (χ1) is 9.12. The van der Waals surface area contributed by atoms with Crippen LogP contribution < -0.4 is 5.73 Å². The fourth-order valence-corrected chi connectivity index (χ4v) is 2.34. The molecule has 0 radical (unpaired) electrons. The number of ether oxygens (including phenoxy) is 1. The minimum atomic E-state index is -0.660. The SMILES string of the molecule is Cc1nnc(C2(N)CCN(C(=O)OC(C)(C)C)C2)n1C. The van der Waals surface area contributed by atoms with Gasteiger partial charge in [0.25, 0.3) is 0 Å². The highest BCUT2D eigenvalue weighted by Gasteiger charge is 2.42. The number of carbonyl (C=O) groups excluding carboxylic acids is 1.